The van der Waals surface area contributed by atoms with Gasteiger partial charge in [-0.3, -0.25) is 4.79 Å². The first kappa shape index (κ1) is 13.5. The first-order valence-corrected chi connectivity index (χ1v) is 6.43. The summed E-state index contributed by atoms with van der Waals surface area (Å²) in [6.07, 6.45) is 8.24. The van der Waals surface area contributed by atoms with Crippen LogP contribution in [-0.4, -0.2) is 31.6 Å². The molecule has 0 aliphatic heterocycles. The Morgan fingerprint density at radius 2 is 1.94 bits per heavy atom. The molecule has 1 rings (SSSR count). The van der Waals surface area contributed by atoms with Crippen LogP contribution in [-0.2, 0) is 4.79 Å². The van der Waals surface area contributed by atoms with Gasteiger partial charge in [-0.05, 0) is 12.8 Å². The van der Waals surface area contributed by atoms with Crippen molar-refractivity contribution in [2.45, 2.75) is 57.0 Å². The topological polar surface area (TPSA) is 67.2 Å². The molecule has 0 heterocycles. The van der Waals surface area contributed by atoms with Crippen LogP contribution in [0.15, 0.2) is 0 Å². The van der Waals surface area contributed by atoms with Crippen molar-refractivity contribution in [2.75, 3.05) is 13.6 Å². The normalized spacial score (nSPS) is 20.1. The van der Waals surface area contributed by atoms with Crippen molar-refractivity contribution in [3.8, 4) is 0 Å². The molecule has 1 amide bonds. The van der Waals surface area contributed by atoms with Gasteiger partial charge in [0.1, 0.15) is 0 Å². The van der Waals surface area contributed by atoms with Crippen molar-refractivity contribution < 1.29 is 4.79 Å². The maximum Gasteiger partial charge on any atom is 0.221 e. The summed E-state index contributed by atoms with van der Waals surface area (Å²) in [6, 6.07) is 0.684. The predicted octanol–water partition coefficient (Wildman–Crippen LogP) is 0.762. The number of hydrogen-bond acceptors (Lipinski definition) is 3. The zero-order chi connectivity index (χ0) is 11.8. The van der Waals surface area contributed by atoms with Crippen LogP contribution in [0.4, 0.5) is 0 Å². The second kappa shape index (κ2) is 7.63. The van der Waals surface area contributed by atoms with Crippen LogP contribution in [0.2, 0.25) is 0 Å². The van der Waals surface area contributed by atoms with E-state index in [-0.39, 0.29) is 11.9 Å². The van der Waals surface area contributed by atoms with Gasteiger partial charge in [0.25, 0.3) is 0 Å². The van der Waals surface area contributed by atoms with Gasteiger partial charge in [0.15, 0.2) is 0 Å². The number of nitrogens with one attached hydrogen (secondary N) is 2. The molecule has 0 radical (unpaired) electrons. The lowest BCUT2D eigenvalue weighted by Crippen LogP contribution is -2.45. The quantitative estimate of drug-likeness (QED) is 0.608. The molecule has 4 heteroatoms. The van der Waals surface area contributed by atoms with Gasteiger partial charge in [0.05, 0.1) is 0 Å². The van der Waals surface area contributed by atoms with Gasteiger partial charge in [-0.1, -0.05) is 25.7 Å². The van der Waals surface area contributed by atoms with E-state index in [1.165, 1.54) is 38.5 Å². The van der Waals surface area contributed by atoms with Crippen LogP contribution >= 0.6 is 0 Å². The van der Waals surface area contributed by atoms with Crippen molar-refractivity contribution >= 4 is 5.91 Å². The van der Waals surface area contributed by atoms with Crippen molar-refractivity contribution in [3.05, 3.63) is 0 Å². The minimum absolute atomic E-state index is 0.0663. The fourth-order valence-electron chi connectivity index (χ4n) is 2.32. The molecular formula is C12H25N3O. The highest BCUT2D eigenvalue weighted by Crippen LogP contribution is 2.17. The van der Waals surface area contributed by atoms with Crippen LogP contribution in [0.3, 0.4) is 0 Å². The van der Waals surface area contributed by atoms with Gasteiger partial charge in [-0.25, -0.2) is 0 Å². The van der Waals surface area contributed by atoms with E-state index in [1.807, 2.05) is 0 Å². The zero-order valence-electron chi connectivity index (χ0n) is 10.3. The molecule has 4 nitrogen and oxygen atoms in total. The first-order valence-electron chi connectivity index (χ1n) is 6.43. The fraction of sp³-hybridized carbons (Fsp3) is 0.917. The molecule has 94 valence electrons. The lowest BCUT2D eigenvalue weighted by Gasteiger charge is -2.23. The Morgan fingerprint density at radius 3 is 2.44 bits per heavy atom. The smallest absolute Gasteiger partial charge is 0.221 e. The molecule has 1 aliphatic rings. The molecule has 1 fully saturated rings. The molecule has 1 saturated carbocycles. The van der Waals surface area contributed by atoms with Gasteiger partial charge >= 0.3 is 0 Å². The van der Waals surface area contributed by atoms with Gasteiger partial charge in [0, 0.05) is 32.1 Å². The van der Waals surface area contributed by atoms with Gasteiger partial charge in [-0.15, -0.1) is 0 Å². The molecule has 0 spiro atoms. The van der Waals surface area contributed by atoms with E-state index in [0.29, 0.717) is 19.0 Å². The molecule has 1 aliphatic carbocycles. The molecule has 1 atom stereocenters. The number of nitrogens with two attached hydrogens (primary N) is 1. The van der Waals surface area contributed by atoms with Gasteiger partial charge in [-0.2, -0.15) is 0 Å². The second-order valence-electron chi connectivity index (χ2n) is 4.67. The molecule has 0 saturated heterocycles. The minimum Gasteiger partial charge on any atom is -0.359 e. The molecule has 1 unspecified atom stereocenters. The van der Waals surface area contributed by atoms with Crippen molar-refractivity contribution in [2.24, 2.45) is 5.73 Å². The fourth-order valence-corrected chi connectivity index (χ4v) is 2.32. The summed E-state index contributed by atoms with van der Waals surface area (Å²) >= 11 is 0. The second-order valence-corrected chi connectivity index (χ2v) is 4.67. The Hall–Kier alpha value is -0.610. The summed E-state index contributed by atoms with van der Waals surface area (Å²) in [5.41, 5.74) is 5.69. The summed E-state index contributed by atoms with van der Waals surface area (Å²) in [7, 11) is 1.67. The van der Waals surface area contributed by atoms with Crippen molar-refractivity contribution in [3.63, 3.8) is 0 Å². The van der Waals surface area contributed by atoms with E-state index in [2.05, 4.69) is 10.6 Å². The zero-order valence-corrected chi connectivity index (χ0v) is 10.3. The molecule has 0 bridgehead atoms. The highest BCUT2D eigenvalue weighted by Gasteiger charge is 2.17. The molecule has 4 N–H and O–H groups in total. The molecular weight excluding hydrogens is 202 g/mol. The third-order valence-electron chi connectivity index (χ3n) is 3.32. The first-order chi connectivity index (χ1) is 7.76. The standard InChI is InChI=1S/C12H25N3O/c1-14-12(16)8-11(9-13)15-10-6-4-2-3-5-7-10/h10-11,15H,2-9,13H2,1H3,(H,14,16). The maximum atomic E-state index is 11.3. The molecule has 16 heavy (non-hydrogen) atoms. The molecule has 0 aromatic heterocycles. The minimum atomic E-state index is 0.0663. The van der Waals surface area contributed by atoms with Gasteiger partial charge < -0.3 is 16.4 Å². The average molecular weight is 227 g/mol. The Labute approximate surface area is 98.3 Å². The van der Waals surface area contributed by atoms with E-state index >= 15 is 0 Å². The highest BCUT2D eigenvalue weighted by molar-refractivity contribution is 5.76. The summed E-state index contributed by atoms with van der Waals surface area (Å²) in [5.74, 6) is 0.0663. The number of hydrogen-bond donors (Lipinski definition) is 3. The Bertz CT molecular complexity index is 200. The summed E-state index contributed by atoms with van der Waals surface area (Å²) in [4.78, 5) is 11.3. The Morgan fingerprint density at radius 1 is 1.31 bits per heavy atom. The lowest BCUT2D eigenvalue weighted by atomic mass is 10.1. The van der Waals surface area contributed by atoms with Gasteiger partial charge in [0.2, 0.25) is 5.91 Å². The van der Waals surface area contributed by atoms with Crippen LogP contribution in [0.5, 0.6) is 0 Å². The van der Waals surface area contributed by atoms with Crippen LogP contribution in [0.25, 0.3) is 0 Å². The predicted molar refractivity (Wildman–Crippen MR) is 66.2 cm³/mol. The van der Waals surface area contributed by atoms with E-state index in [0.717, 1.165) is 0 Å². The SMILES string of the molecule is CNC(=O)CC(CN)NC1CCCCCC1. The van der Waals surface area contributed by atoms with Crippen molar-refractivity contribution in [1.82, 2.24) is 10.6 Å². The summed E-state index contributed by atoms with van der Waals surface area (Å²) in [6.45, 7) is 0.532. The summed E-state index contributed by atoms with van der Waals surface area (Å²) in [5, 5.41) is 6.17. The Kier molecular flexibility index (Phi) is 6.42. The number of carbonyl (C=O) groups is 1. The van der Waals surface area contributed by atoms with Crippen LogP contribution in [0.1, 0.15) is 44.9 Å². The summed E-state index contributed by atoms with van der Waals surface area (Å²) < 4.78 is 0. The van der Waals surface area contributed by atoms with Crippen molar-refractivity contribution in [1.29, 1.82) is 0 Å². The van der Waals surface area contributed by atoms with E-state index in [1.54, 1.807) is 7.05 Å². The lowest BCUT2D eigenvalue weighted by molar-refractivity contribution is -0.121. The monoisotopic (exact) mass is 227 g/mol. The van der Waals surface area contributed by atoms with E-state index in [4.69, 9.17) is 5.73 Å². The number of carbonyl (C=O) groups excluding carboxylic acids is 1. The average Bonchev–Trinajstić information content (AvgIpc) is 2.56. The van der Waals surface area contributed by atoms with E-state index in [9.17, 15) is 4.79 Å². The third kappa shape index (κ3) is 4.94. The largest absolute Gasteiger partial charge is 0.359 e. The maximum absolute atomic E-state index is 11.3. The van der Waals surface area contributed by atoms with Crippen LogP contribution < -0.4 is 16.4 Å². The highest BCUT2D eigenvalue weighted by atomic mass is 16.1. The van der Waals surface area contributed by atoms with Crippen LogP contribution in [0, 0.1) is 0 Å². The number of amides is 1. The Balaban J connectivity index is 2.32. The van der Waals surface area contributed by atoms with E-state index < -0.39 is 0 Å². The number of rotatable bonds is 5. The third-order valence-corrected chi connectivity index (χ3v) is 3.32. The molecule has 0 aromatic rings. The molecule has 0 aromatic carbocycles.